The Morgan fingerprint density at radius 3 is 2.41 bits per heavy atom. The number of esters is 1. The summed E-state index contributed by atoms with van der Waals surface area (Å²) in [7, 11) is 0. The Kier molecular flexibility index (Phi) is 6.03. The molecule has 0 aliphatic heterocycles. The molecule has 0 radical (unpaired) electrons. The summed E-state index contributed by atoms with van der Waals surface area (Å²) in [6, 6.07) is 0.854. The third kappa shape index (κ3) is 8.08. The largest absolute Gasteiger partial charge is 0.466 e. The van der Waals surface area contributed by atoms with Crippen LogP contribution in [0.25, 0.3) is 0 Å². The van der Waals surface area contributed by atoms with Crippen LogP contribution in [-0.2, 0) is 14.3 Å². The Bertz CT molecular complexity index is 314. The third-order valence-electron chi connectivity index (χ3n) is 1.52. The van der Waals surface area contributed by atoms with Crippen LogP contribution < -0.4 is 5.32 Å². The average molecular weight is 242 g/mol. The number of alkyl carbamates (subject to hydrolysis) is 1. The number of carbonyl (C=O) groups is 2. The summed E-state index contributed by atoms with van der Waals surface area (Å²) in [5.41, 5.74) is -0.645. The van der Waals surface area contributed by atoms with E-state index in [4.69, 9.17) is 10.00 Å². The molecule has 6 nitrogen and oxygen atoms in total. The predicted molar refractivity (Wildman–Crippen MR) is 60.0 cm³/mol. The highest BCUT2D eigenvalue weighted by molar-refractivity contribution is 5.73. The standard InChI is InChI=1S/C11H18N2O4/c1-5-16-9(14)6-8(7-12)13-10(15)17-11(2,3)4/h8H,5-6H2,1-4H3,(H,13,15). The molecule has 1 atom stereocenters. The Labute approximate surface area is 101 Å². The summed E-state index contributed by atoms with van der Waals surface area (Å²) >= 11 is 0. The summed E-state index contributed by atoms with van der Waals surface area (Å²) in [5.74, 6) is -0.532. The second-order valence-corrected chi connectivity index (χ2v) is 4.34. The van der Waals surface area contributed by atoms with E-state index >= 15 is 0 Å². The minimum Gasteiger partial charge on any atom is -0.466 e. The van der Waals surface area contributed by atoms with Crippen LogP contribution in [-0.4, -0.2) is 30.3 Å². The van der Waals surface area contributed by atoms with Gasteiger partial charge in [0, 0.05) is 0 Å². The summed E-state index contributed by atoms with van der Waals surface area (Å²) in [5, 5.41) is 11.1. The van der Waals surface area contributed by atoms with Crippen molar-refractivity contribution >= 4 is 12.1 Å². The molecule has 0 saturated heterocycles. The zero-order chi connectivity index (χ0) is 13.5. The van der Waals surface area contributed by atoms with Gasteiger partial charge in [0.2, 0.25) is 0 Å². The fourth-order valence-electron chi connectivity index (χ4n) is 0.965. The lowest BCUT2D eigenvalue weighted by atomic mass is 10.2. The average Bonchev–Trinajstić information content (AvgIpc) is 2.13. The minimum absolute atomic E-state index is 0.191. The fraction of sp³-hybridized carbons (Fsp3) is 0.727. The minimum atomic E-state index is -0.941. The van der Waals surface area contributed by atoms with Crippen LogP contribution in [0.1, 0.15) is 34.1 Å². The van der Waals surface area contributed by atoms with Gasteiger partial charge in [-0.3, -0.25) is 4.79 Å². The number of nitrogens with one attached hydrogen (secondary N) is 1. The van der Waals surface area contributed by atoms with Gasteiger partial charge < -0.3 is 14.8 Å². The van der Waals surface area contributed by atoms with E-state index in [0.717, 1.165) is 0 Å². The molecule has 0 fully saturated rings. The van der Waals surface area contributed by atoms with Gasteiger partial charge in [-0.1, -0.05) is 0 Å². The molecule has 0 saturated carbocycles. The maximum atomic E-state index is 11.3. The lowest BCUT2D eigenvalue weighted by Crippen LogP contribution is -2.39. The zero-order valence-corrected chi connectivity index (χ0v) is 10.6. The molecule has 17 heavy (non-hydrogen) atoms. The second-order valence-electron chi connectivity index (χ2n) is 4.34. The molecule has 1 unspecified atom stereocenters. The first-order chi connectivity index (χ1) is 7.78. The molecule has 0 aliphatic rings. The highest BCUT2D eigenvalue weighted by atomic mass is 16.6. The fourth-order valence-corrected chi connectivity index (χ4v) is 0.965. The molecular weight excluding hydrogens is 224 g/mol. The molecular formula is C11H18N2O4. The third-order valence-corrected chi connectivity index (χ3v) is 1.52. The SMILES string of the molecule is CCOC(=O)CC(C#N)NC(=O)OC(C)(C)C. The number of hydrogen-bond acceptors (Lipinski definition) is 5. The van der Waals surface area contributed by atoms with E-state index in [0.29, 0.717) is 0 Å². The number of carbonyl (C=O) groups excluding carboxylic acids is 2. The van der Waals surface area contributed by atoms with Gasteiger partial charge in [0.25, 0.3) is 0 Å². The Morgan fingerprint density at radius 2 is 2.00 bits per heavy atom. The van der Waals surface area contributed by atoms with Gasteiger partial charge in [-0.05, 0) is 27.7 Å². The Hall–Kier alpha value is -1.77. The van der Waals surface area contributed by atoms with E-state index in [1.165, 1.54) is 0 Å². The van der Waals surface area contributed by atoms with Gasteiger partial charge in [-0.2, -0.15) is 5.26 Å². The van der Waals surface area contributed by atoms with E-state index in [1.54, 1.807) is 33.8 Å². The molecule has 0 aromatic heterocycles. The van der Waals surface area contributed by atoms with Crippen LogP contribution in [0.3, 0.4) is 0 Å². The summed E-state index contributed by atoms with van der Waals surface area (Å²) < 4.78 is 9.63. The number of hydrogen-bond donors (Lipinski definition) is 1. The molecule has 0 aromatic rings. The van der Waals surface area contributed by atoms with Crippen LogP contribution in [0, 0.1) is 11.3 Å². The highest BCUT2D eigenvalue weighted by Gasteiger charge is 2.21. The number of nitrogens with zero attached hydrogens (tertiary/aromatic N) is 1. The Morgan fingerprint density at radius 1 is 1.41 bits per heavy atom. The van der Waals surface area contributed by atoms with Crippen molar-refractivity contribution in [2.75, 3.05) is 6.61 Å². The van der Waals surface area contributed by atoms with Crippen LogP contribution >= 0.6 is 0 Å². The normalized spacial score (nSPS) is 12.2. The van der Waals surface area contributed by atoms with Crippen LogP contribution in [0.4, 0.5) is 4.79 Å². The van der Waals surface area contributed by atoms with Crippen molar-refractivity contribution < 1.29 is 19.1 Å². The van der Waals surface area contributed by atoms with Gasteiger partial charge >= 0.3 is 12.1 Å². The van der Waals surface area contributed by atoms with Crippen molar-refractivity contribution in [2.45, 2.75) is 45.8 Å². The maximum Gasteiger partial charge on any atom is 0.408 e. The second kappa shape index (κ2) is 6.74. The summed E-state index contributed by atoms with van der Waals surface area (Å²) in [6.07, 6.45) is -0.919. The first kappa shape index (κ1) is 15.2. The molecule has 1 amide bonds. The van der Waals surface area contributed by atoms with E-state index in [1.807, 2.05) is 0 Å². The first-order valence-electron chi connectivity index (χ1n) is 5.33. The number of rotatable bonds is 4. The number of amides is 1. The van der Waals surface area contributed by atoms with Crippen LogP contribution in [0.5, 0.6) is 0 Å². The van der Waals surface area contributed by atoms with Crippen molar-refractivity contribution in [3.63, 3.8) is 0 Å². The van der Waals surface area contributed by atoms with E-state index in [2.05, 4.69) is 10.1 Å². The van der Waals surface area contributed by atoms with Crippen molar-refractivity contribution in [3.05, 3.63) is 0 Å². The van der Waals surface area contributed by atoms with Crippen molar-refractivity contribution in [3.8, 4) is 6.07 Å². The molecule has 0 rings (SSSR count). The van der Waals surface area contributed by atoms with Gasteiger partial charge in [0.05, 0.1) is 19.1 Å². The molecule has 0 aromatic carbocycles. The van der Waals surface area contributed by atoms with Crippen molar-refractivity contribution in [1.29, 1.82) is 5.26 Å². The molecule has 0 heterocycles. The van der Waals surface area contributed by atoms with E-state index < -0.39 is 23.7 Å². The van der Waals surface area contributed by atoms with Crippen LogP contribution in [0.15, 0.2) is 0 Å². The van der Waals surface area contributed by atoms with Gasteiger partial charge in [-0.15, -0.1) is 0 Å². The lowest BCUT2D eigenvalue weighted by molar-refractivity contribution is -0.143. The molecule has 0 spiro atoms. The number of ether oxygens (including phenoxy) is 2. The number of nitriles is 1. The van der Waals surface area contributed by atoms with Gasteiger partial charge in [0.15, 0.2) is 0 Å². The first-order valence-corrected chi connectivity index (χ1v) is 5.33. The van der Waals surface area contributed by atoms with Crippen LogP contribution in [0.2, 0.25) is 0 Å². The summed E-state index contributed by atoms with van der Waals surface area (Å²) in [4.78, 5) is 22.4. The Balaban J connectivity index is 4.19. The molecule has 96 valence electrons. The molecule has 6 heteroatoms. The monoisotopic (exact) mass is 242 g/mol. The predicted octanol–water partition coefficient (Wildman–Crippen LogP) is 1.36. The van der Waals surface area contributed by atoms with Gasteiger partial charge in [-0.25, -0.2) is 4.79 Å². The smallest absolute Gasteiger partial charge is 0.408 e. The highest BCUT2D eigenvalue weighted by Crippen LogP contribution is 2.07. The summed E-state index contributed by atoms with van der Waals surface area (Å²) in [6.45, 7) is 7.03. The topological polar surface area (TPSA) is 88.4 Å². The zero-order valence-electron chi connectivity index (χ0n) is 10.6. The maximum absolute atomic E-state index is 11.3. The molecule has 0 aliphatic carbocycles. The van der Waals surface area contributed by atoms with E-state index in [9.17, 15) is 9.59 Å². The van der Waals surface area contributed by atoms with E-state index in [-0.39, 0.29) is 13.0 Å². The van der Waals surface area contributed by atoms with Crippen molar-refractivity contribution in [1.82, 2.24) is 5.32 Å². The van der Waals surface area contributed by atoms with Gasteiger partial charge in [0.1, 0.15) is 11.6 Å². The molecule has 0 bridgehead atoms. The van der Waals surface area contributed by atoms with Crippen molar-refractivity contribution in [2.24, 2.45) is 0 Å². The quantitative estimate of drug-likeness (QED) is 0.752. The lowest BCUT2D eigenvalue weighted by Gasteiger charge is -2.20. The molecule has 1 N–H and O–H groups in total.